The molecule has 2 N–H and O–H groups in total. The Hall–Kier alpha value is -1.92. The molecule has 1 heterocycles. The van der Waals surface area contributed by atoms with E-state index in [0.29, 0.717) is 32.4 Å². The summed E-state index contributed by atoms with van der Waals surface area (Å²) in [7, 11) is 0. The lowest BCUT2D eigenvalue weighted by Crippen LogP contribution is -2.25. The summed E-state index contributed by atoms with van der Waals surface area (Å²) in [6, 6.07) is 0. The van der Waals surface area contributed by atoms with Gasteiger partial charge in [-0.2, -0.15) is 5.10 Å². The van der Waals surface area contributed by atoms with Crippen molar-refractivity contribution in [2.45, 2.75) is 32.2 Å². The van der Waals surface area contributed by atoms with Crippen LogP contribution in [0.2, 0.25) is 0 Å². The molecule has 0 aliphatic carbocycles. The Balaban J connectivity index is 2.00. The normalized spacial score (nSPS) is 10.1. The topological polar surface area (TPSA) is 97.1 Å². The third-order valence-corrected chi connectivity index (χ3v) is 2.17. The first-order valence-corrected chi connectivity index (χ1v) is 5.49. The molecule has 1 amide bonds. The number of aryl methyl sites for hydroxylation is 1. The van der Waals surface area contributed by atoms with E-state index in [-0.39, 0.29) is 12.3 Å². The SMILES string of the molecule is O=C(O)CCCCNC(=O)CCn1cncn1. The monoisotopic (exact) mass is 240 g/mol. The Kier molecular flexibility index (Phi) is 5.70. The number of aliphatic carboxylic acids is 1. The Morgan fingerprint density at radius 3 is 2.76 bits per heavy atom. The molecule has 0 fully saturated rings. The summed E-state index contributed by atoms with van der Waals surface area (Å²) in [5.41, 5.74) is 0. The Morgan fingerprint density at radius 2 is 2.12 bits per heavy atom. The fraction of sp³-hybridized carbons (Fsp3) is 0.600. The van der Waals surface area contributed by atoms with Crippen molar-refractivity contribution in [2.75, 3.05) is 6.54 Å². The first-order chi connectivity index (χ1) is 8.18. The minimum Gasteiger partial charge on any atom is -0.481 e. The van der Waals surface area contributed by atoms with E-state index >= 15 is 0 Å². The highest BCUT2D eigenvalue weighted by molar-refractivity contribution is 5.75. The van der Waals surface area contributed by atoms with Crippen LogP contribution < -0.4 is 5.32 Å². The van der Waals surface area contributed by atoms with Crippen LogP contribution in [0.1, 0.15) is 25.7 Å². The number of aromatic nitrogens is 3. The molecule has 0 bridgehead atoms. The molecule has 1 aromatic rings. The van der Waals surface area contributed by atoms with Crippen molar-refractivity contribution >= 4 is 11.9 Å². The van der Waals surface area contributed by atoms with Crippen LogP contribution in [0.3, 0.4) is 0 Å². The predicted molar refractivity (Wildman–Crippen MR) is 59.1 cm³/mol. The van der Waals surface area contributed by atoms with Crippen molar-refractivity contribution < 1.29 is 14.7 Å². The summed E-state index contributed by atoms with van der Waals surface area (Å²) in [5, 5.41) is 15.0. The van der Waals surface area contributed by atoms with Gasteiger partial charge in [0.2, 0.25) is 5.91 Å². The molecule has 1 rings (SSSR count). The Bertz CT molecular complexity index is 350. The molecule has 7 nitrogen and oxygen atoms in total. The maximum Gasteiger partial charge on any atom is 0.303 e. The van der Waals surface area contributed by atoms with Gasteiger partial charge >= 0.3 is 5.97 Å². The molecule has 17 heavy (non-hydrogen) atoms. The van der Waals surface area contributed by atoms with Gasteiger partial charge in [0.05, 0.1) is 6.54 Å². The van der Waals surface area contributed by atoms with Crippen molar-refractivity contribution in [1.82, 2.24) is 20.1 Å². The van der Waals surface area contributed by atoms with Gasteiger partial charge in [-0.05, 0) is 12.8 Å². The quantitative estimate of drug-likeness (QED) is 0.625. The molecule has 0 saturated heterocycles. The molecule has 0 spiro atoms. The fourth-order valence-corrected chi connectivity index (χ4v) is 1.28. The summed E-state index contributed by atoms with van der Waals surface area (Å²) in [5.74, 6) is -0.863. The molecule has 0 aliphatic rings. The van der Waals surface area contributed by atoms with Crippen molar-refractivity contribution in [3.63, 3.8) is 0 Å². The second-order valence-corrected chi connectivity index (χ2v) is 3.61. The standard InChI is InChI=1S/C10H16N4O3/c15-9(4-6-14-8-11-7-13-14)12-5-2-1-3-10(16)17/h7-8H,1-6H2,(H,12,15)(H,16,17). The number of amides is 1. The van der Waals surface area contributed by atoms with Gasteiger partial charge in [-0.1, -0.05) is 0 Å². The van der Waals surface area contributed by atoms with E-state index in [1.807, 2.05) is 0 Å². The molecule has 0 aliphatic heterocycles. The summed E-state index contributed by atoms with van der Waals surface area (Å²) in [6.45, 7) is 1.02. The van der Waals surface area contributed by atoms with Crippen LogP contribution in [-0.4, -0.2) is 38.3 Å². The maximum absolute atomic E-state index is 11.3. The summed E-state index contributed by atoms with van der Waals surface area (Å²) < 4.78 is 1.59. The third-order valence-electron chi connectivity index (χ3n) is 2.17. The van der Waals surface area contributed by atoms with Crippen molar-refractivity contribution in [1.29, 1.82) is 0 Å². The lowest BCUT2D eigenvalue weighted by Gasteiger charge is -2.04. The zero-order valence-corrected chi connectivity index (χ0v) is 9.50. The van der Waals surface area contributed by atoms with Gasteiger partial charge in [0.15, 0.2) is 0 Å². The van der Waals surface area contributed by atoms with Gasteiger partial charge in [0.25, 0.3) is 0 Å². The second-order valence-electron chi connectivity index (χ2n) is 3.61. The largest absolute Gasteiger partial charge is 0.481 e. The number of hydrogen-bond acceptors (Lipinski definition) is 4. The average molecular weight is 240 g/mol. The average Bonchev–Trinajstić information content (AvgIpc) is 2.78. The molecule has 0 atom stereocenters. The zero-order valence-electron chi connectivity index (χ0n) is 9.50. The predicted octanol–water partition coefficient (Wildman–Crippen LogP) is 0.0393. The van der Waals surface area contributed by atoms with E-state index in [2.05, 4.69) is 15.4 Å². The van der Waals surface area contributed by atoms with Crippen molar-refractivity contribution in [3.8, 4) is 0 Å². The molecule has 0 aromatic carbocycles. The van der Waals surface area contributed by atoms with Crippen LogP contribution in [0.25, 0.3) is 0 Å². The molecule has 0 saturated carbocycles. The lowest BCUT2D eigenvalue weighted by molar-refractivity contribution is -0.137. The van der Waals surface area contributed by atoms with E-state index < -0.39 is 5.97 Å². The zero-order chi connectivity index (χ0) is 12.5. The first-order valence-electron chi connectivity index (χ1n) is 5.49. The van der Waals surface area contributed by atoms with E-state index in [4.69, 9.17) is 5.11 Å². The Morgan fingerprint density at radius 1 is 1.29 bits per heavy atom. The van der Waals surface area contributed by atoms with E-state index in [1.54, 1.807) is 11.0 Å². The lowest BCUT2D eigenvalue weighted by atomic mass is 10.2. The van der Waals surface area contributed by atoms with Crippen LogP contribution in [0.15, 0.2) is 12.7 Å². The van der Waals surface area contributed by atoms with Gasteiger partial charge in [-0.25, -0.2) is 4.98 Å². The summed E-state index contributed by atoms with van der Waals surface area (Å²) in [6.07, 6.45) is 4.74. The van der Waals surface area contributed by atoms with E-state index in [1.165, 1.54) is 6.33 Å². The number of carbonyl (C=O) groups excluding carboxylic acids is 1. The van der Waals surface area contributed by atoms with Crippen LogP contribution in [0, 0.1) is 0 Å². The molecule has 7 heteroatoms. The minimum absolute atomic E-state index is 0.0594. The molecule has 0 unspecified atom stereocenters. The minimum atomic E-state index is -0.803. The van der Waals surface area contributed by atoms with Crippen molar-refractivity contribution in [3.05, 3.63) is 12.7 Å². The number of hydrogen-bond donors (Lipinski definition) is 2. The molecule has 94 valence electrons. The number of carbonyl (C=O) groups is 2. The van der Waals surface area contributed by atoms with Crippen LogP contribution >= 0.6 is 0 Å². The van der Waals surface area contributed by atoms with Gasteiger partial charge in [0.1, 0.15) is 12.7 Å². The second kappa shape index (κ2) is 7.37. The van der Waals surface area contributed by atoms with E-state index in [0.717, 1.165) is 0 Å². The van der Waals surface area contributed by atoms with Crippen LogP contribution in [0.4, 0.5) is 0 Å². The number of nitrogens with zero attached hydrogens (tertiary/aromatic N) is 3. The molecule has 0 radical (unpaired) electrons. The van der Waals surface area contributed by atoms with Gasteiger partial charge < -0.3 is 10.4 Å². The Labute approximate surface area is 98.8 Å². The smallest absolute Gasteiger partial charge is 0.303 e. The highest BCUT2D eigenvalue weighted by Gasteiger charge is 2.02. The number of carboxylic acid groups (broad SMARTS) is 1. The number of unbranched alkanes of at least 4 members (excludes halogenated alkanes) is 1. The maximum atomic E-state index is 11.3. The number of carboxylic acids is 1. The van der Waals surface area contributed by atoms with E-state index in [9.17, 15) is 9.59 Å². The third kappa shape index (κ3) is 6.29. The van der Waals surface area contributed by atoms with Gasteiger partial charge in [0, 0.05) is 19.4 Å². The molecular formula is C10H16N4O3. The summed E-state index contributed by atoms with van der Waals surface area (Å²) >= 11 is 0. The first kappa shape index (κ1) is 13.1. The molecular weight excluding hydrogens is 224 g/mol. The van der Waals surface area contributed by atoms with Gasteiger partial charge in [-0.15, -0.1) is 0 Å². The van der Waals surface area contributed by atoms with Crippen molar-refractivity contribution in [2.24, 2.45) is 0 Å². The van der Waals surface area contributed by atoms with Gasteiger partial charge in [-0.3, -0.25) is 14.3 Å². The highest BCUT2D eigenvalue weighted by Crippen LogP contribution is 1.94. The fourth-order valence-electron chi connectivity index (χ4n) is 1.28. The highest BCUT2D eigenvalue weighted by atomic mass is 16.4. The number of nitrogens with one attached hydrogen (secondary N) is 1. The van der Waals surface area contributed by atoms with Crippen LogP contribution in [0.5, 0.6) is 0 Å². The molecule has 1 aromatic heterocycles. The van der Waals surface area contributed by atoms with Crippen LogP contribution in [-0.2, 0) is 16.1 Å². The summed E-state index contributed by atoms with van der Waals surface area (Å²) in [4.78, 5) is 25.3. The number of rotatable bonds is 8.